The summed E-state index contributed by atoms with van der Waals surface area (Å²) in [6, 6.07) is 0. The van der Waals surface area contributed by atoms with Crippen molar-refractivity contribution in [2.45, 2.75) is 0 Å². The van der Waals surface area contributed by atoms with E-state index < -0.39 is 18.6 Å². The van der Waals surface area contributed by atoms with E-state index in [0.717, 1.165) is 0 Å². The summed E-state index contributed by atoms with van der Waals surface area (Å²) in [7, 11) is 0. The minimum absolute atomic E-state index is 0. The van der Waals surface area contributed by atoms with Crippen molar-refractivity contribution in [3.05, 3.63) is 0 Å². The summed E-state index contributed by atoms with van der Waals surface area (Å²) in [6.07, 6.45) is 0. The van der Waals surface area contributed by atoms with Gasteiger partial charge in [-0.3, -0.25) is 0 Å². The molecular weight excluding hydrogens is 103 g/mol. The summed E-state index contributed by atoms with van der Waals surface area (Å²) in [5.74, 6) is 0. The monoisotopic (exact) mass is 104 g/mol. The second-order valence-electron chi connectivity index (χ2n) is 0.266. The van der Waals surface area contributed by atoms with Crippen molar-refractivity contribution in [2.24, 2.45) is 0 Å². The summed E-state index contributed by atoms with van der Waals surface area (Å²) in [5.41, 5.74) is 0. The van der Waals surface area contributed by atoms with Crippen LogP contribution in [0.4, 0.5) is 0 Å². The van der Waals surface area contributed by atoms with Crippen molar-refractivity contribution in [3.8, 4) is 0 Å². The third kappa shape index (κ3) is 43.4. The van der Waals surface area contributed by atoms with Gasteiger partial charge in [-0.15, -0.1) is 0 Å². The van der Waals surface area contributed by atoms with Gasteiger partial charge in [0, 0.05) is 0 Å². The molecule has 0 heterocycles. The second-order valence-corrected chi connectivity index (χ2v) is 1.10. The SMILES string of the molecule is [Li+].[O]=[Ti]([O-])[OH]. The van der Waals surface area contributed by atoms with Crippen LogP contribution in [0.5, 0.6) is 0 Å². The minimum atomic E-state index is -3.83. The predicted octanol–water partition coefficient (Wildman–Crippen LogP) is -4.86. The van der Waals surface area contributed by atoms with E-state index >= 15 is 0 Å². The van der Waals surface area contributed by atoms with Gasteiger partial charge in [0.05, 0.1) is 0 Å². The molecule has 1 N–H and O–H groups in total. The van der Waals surface area contributed by atoms with Crippen LogP contribution in [0.3, 0.4) is 0 Å². The van der Waals surface area contributed by atoms with Gasteiger partial charge < -0.3 is 0 Å². The average Bonchev–Trinajstić information content (AvgIpc) is 0.811. The molecule has 0 amide bonds. The van der Waals surface area contributed by atoms with E-state index in [0.29, 0.717) is 0 Å². The van der Waals surface area contributed by atoms with Crippen molar-refractivity contribution in [1.29, 1.82) is 0 Å². The van der Waals surface area contributed by atoms with Crippen molar-refractivity contribution in [1.82, 2.24) is 0 Å². The van der Waals surface area contributed by atoms with E-state index in [2.05, 4.69) is 0 Å². The van der Waals surface area contributed by atoms with Gasteiger partial charge >= 0.3 is 48.2 Å². The Morgan fingerprint density at radius 2 is 1.80 bits per heavy atom. The first-order chi connectivity index (χ1) is 1.73. The van der Waals surface area contributed by atoms with Crippen molar-refractivity contribution >= 4 is 0 Å². The molecule has 0 saturated heterocycles. The Labute approximate surface area is 48.3 Å². The Morgan fingerprint density at radius 3 is 1.80 bits per heavy atom. The van der Waals surface area contributed by atoms with Gasteiger partial charge in [0.15, 0.2) is 0 Å². The standard InChI is InChI=1S/Li.H2O.2O.Ti/h;1H2;;;/q+1;;;-1;+1/p-1. The maximum atomic E-state index is 8.69. The first-order valence-corrected chi connectivity index (χ1v) is 2.61. The van der Waals surface area contributed by atoms with E-state index in [1.807, 2.05) is 0 Å². The molecule has 0 aliphatic rings. The van der Waals surface area contributed by atoms with Gasteiger partial charge in [-0.1, -0.05) is 0 Å². The molecule has 24 valence electrons. The van der Waals surface area contributed by atoms with Crippen LogP contribution in [0.25, 0.3) is 0 Å². The van der Waals surface area contributed by atoms with E-state index in [9.17, 15) is 0 Å². The zero-order valence-corrected chi connectivity index (χ0v) is 4.33. The summed E-state index contributed by atoms with van der Waals surface area (Å²) >= 11 is -3.83. The second kappa shape index (κ2) is 5.03. The summed E-state index contributed by atoms with van der Waals surface area (Å²) < 4.78 is 24.5. The molecular formula is HLiO3Ti. The van der Waals surface area contributed by atoms with Crippen LogP contribution in [0.1, 0.15) is 0 Å². The van der Waals surface area contributed by atoms with Crippen molar-refractivity contribution < 1.29 is 48.2 Å². The van der Waals surface area contributed by atoms with Crippen LogP contribution < -0.4 is 22.5 Å². The summed E-state index contributed by atoms with van der Waals surface area (Å²) in [4.78, 5) is 0. The molecule has 0 atom stereocenters. The molecule has 0 aromatic heterocycles. The Balaban J connectivity index is 0. The Morgan fingerprint density at radius 1 is 1.80 bits per heavy atom. The van der Waals surface area contributed by atoms with Gasteiger partial charge in [0.25, 0.3) is 0 Å². The molecule has 0 aromatic rings. The van der Waals surface area contributed by atoms with E-state index in [1.165, 1.54) is 0 Å². The zero-order valence-electron chi connectivity index (χ0n) is 2.76. The van der Waals surface area contributed by atoms with E-state index in [-0.39, 0.29) is 18.9 Å². The third-order valence-electron chi connectivity index (χ3n) is 0. The fourth-order valence-corrected chi connectivity index (χ4v) is 0. The van der Waals surface area contributed by atoms with Gasteiger partial charge in [-0.2, -0.15) is 0 Å². The molecule has 0 saturated carbocycles. The normalized spacial score (nSPS) is 5.20. The number of rotatable bonds is 0. The molecule has 0 aromatic carbocycles. The van der Waals surface area contributed by atoms with Gasteiger partial charge in [0.1, 0.15) is 0 Å². The molecule has 3 nitrogen and oxygen atoms in total. The number of hydrogen-bond donors (Lipinski definition) is 1. The van der Waals surface area contributed by atoms with Gasteiger partial charge in [-0.25, -0.2) is 0 Å². The van der Waals surface area contributed by atoms with Crippen molar-refractivity contribution in [3.63, 3.8) is 0 Å². The fraction of sp³-hybridized carbons (Fsp3) is 0. The maximum absolute atomic E-state index is 8.69. The van der Waals surface area contributed by atoms with Crippen LogP contribution in [-0.2, 0) is 21.9 Å². The van der Waals surface area contributed by atoms with Crippen LogP contribution in [0.15, 0.2) is 0 Å². The fourth-order valence-electron chi connectivity index (χ4n) is 0. The molecule has 0 rings (SSSR count). The predicted molar refractivity (Wildman–Crippen MR) is 2.91 cm³/mol. The van der Waals surface area contributed by atoms with Crippen LogP contribution in [-0.4, -0.2) is 3.69 Å². The number of hydrogen-bond acceptors (Lipinski definition) is 2. The zero-order chi connectivity index (χ0) is 3.58. The average molecular weight is 104 g/mol. The molecule has 0 radical (unpaired) electrons. The van der Waals surface area contributed by atoms with Crippen LogP contribution in [0.2, 0.25) is 0 Å². The molecule has 0 aliphatic carbocycles. The van der Waals surface area contributed by atoms with Crippen molar-refractivity contribution in [2.75, 3.05) is 0 Å². The Bertz CT molecular complexity index is 29.9. The molecule has 0 fully saturated rings. The van der Waals surface area contributed by atoms with Crippen LogP contribution >= 0.6 is 0 Å². The Hall–Kier alpha value is 1.03. The molecule has 0 aliphatic heterocycles. The molecule has 0 bridgehead atoms. The van der Waals surface area contributed by atoms with Crippen LogP contribution in [0, 0.1) is 0 Å². The Kier molecular flexibility index (Phi) is 9.45. The van der Waals surface area contributed by atoms with Gasteiger partial charge in [0.2, 0.25) is 0 Å². The first kappa shape index (κ1) is 9.39. The molecule has 0 unspecified atom stereocenters. The molecule has 5 heteroatoms. The summed E-state index contributed by atoms with van der Waals surface area (Å²) in [6.45, 7) is 0. The summed E-state index contributed by atoms with van der Waals surface area (Å²) in [5, 5.41) is 0. The van der Waals surface area contributed by atoms with Gasteiger partial charge in [-0.05, 0) is 0 Å². The van der Waals surface area contributed by atoms with E-state index in [1.54, 1.807) is 0 Å². The quantitative estimate of drug-likeness (QED) is 0.313. The third-order valence-corrected chi connectivity index (χ3v) is 0. The van der Waals surface area contributed by atoms with E-state index in [4.69, 9.17) is 10.7 Å². The molecule has 5 heavy (non-hydrogen) atoms. The topological polar surface area (TPSA) is 60.4 Å². The first-order valence-electron chi connectivity index (χ1n) is 0.632. The molecule has 0 spiro atoms.